The molecule has 4 aromatic carbocycles. The van der Waals surface area contributed by atoms with Gasteiger partial charge in [-0.15, -0.1) is 0 Å². The van der Waals surface area contributed by atoms with Crippen molar-refractivity contribution in [1.29, 1.82) is 0 Å². The van der Waals surface area contributed by atoms with Crippen molar-refractivity contribution in [3.8, 4) is 62.0 Å². The topological polar surface area (TPSA) is 68.2 Å². The number of methoxy groups -OCH3 is 1. The average molecular weight is 1030 g/mol. The van der Waals surface area contributed by atoms with Crippen LogP contribution in [0.4, 0.5) is 0 Å². The van der Waals surface area contributed by atoms with E-state index in [1.807, 2.05) is 12.1 Å². The minimum absolute atomic E-state index is 0.0256. The summed E-state index contributed by atoms with van der Waals surface area (Å²) in [6, 6.07) is 29.7. The molecule has 8 aliphatic carbocycles. The number of benzene rings is 4. The molecule has 0 aliphatic heterocycles. The summed E-state index contributed by atoms with van der Waals surface area (Å²) in [6.45, 7) is 13.6. The van der Waals surface area contributed by atoms with E-state index in [2.05, 4.69) is 124 Å². The van der Waals surface area contributed by atoms with Crippen LogP contribution in [0, 0.1) is 35.5 Å². The fraction of sp³-hybridized carbons (Fsp3) is 0.517. The predicted molar refractivity (Wildman–Crippen MR) is 260 cm³/mol. The number of aromatic nitrogens is 1. The molecule has 0 radical (unpaired) electrons. The molecule has 8 aliphatic rings. The van der Waals surface area contributed by atoms with E-state index in [0.717, 1.165) is 130 Å². The van der Waals surface area contributed by atoms with Gasteiger partial charge in [-0.1, -0.05) is 126 Å². The first-order valence-corrected chi connectivity index (χ1v) is 32.2. The molecular formula is C60H71HfNO3. The standard InChI is InChI=1S/C58H67NO3.2CH3.Hf/c1-55(2,3)40-22-47(53(60)49(24-40)57-28-34-16-35(29-57)18-36(17-34)30-57)43-12-8-10-14-45(43)51-26-42(62-7)27-52(59-51)46-15-11-9-13-44(46)48-23-41(56(4,5)6)25-50(54(48)61)58-31-37-19-38(32-58)21-39(20-37)33-58;;;/h8-15,22-27,34-39,60-61H,16-21,28-33H2,1-7H3;2*1H3;/q;;;+2/p-2. The molecule has 0 N–H and O–H groups in total. The summed E-state index contributed by atoms with van der Waals surface area (Å²) in [4.78, 5) is 5.47. The first-order valence-electron chi connectivity index (χ1n) is 25.1. The Kier molecular flexibility index (Phi) is 11.7. The van der Waals surface area contributed by atoms with Crippen molar-refractivity contribution in [2.75, 3.05) is 7.11 Å². The van der Waals surface area contributed by atoms with E-state index < -0.39 is 0 Å². The summed E-state index contributed by atoms with van der Waals surface area (Å²) in [5.74, 6) is 5.54. The molecule has 8 saturated carbocycles. The third kappa shape index (κ3) is 8.18. The second kappa shape index (κ2) is 16.8. The van der Waals surface area contributed by atoms with Crippen LogP contribution in [0.1, 0.15) is 141 Å². The number of hydrogen-bond acceptors (Lipinski definition) is 4. The Morgan fingerprint density at radius 2 is 0.800 bits per heavy atom. The summed E-state index contributed by atoms with van der Waals surface area (Å²) in [5.41, 5.74) is 11.0. The number of hydrogen-bond donors (Lipinski definition) is 0. The van der Waals surface area contributed by atoms with Crippen LogP contribution in [0.5, 0.6) is 17.2 Å². The van der Waals surface area contributed by atoms with Crippen LogP contribution in [0.2, 0.25) is 9.36 Å². The van der Waals surface area contributed by atoms with E-state index in [0.29, 0.717) is 5.75 Å². The normalized spacial score (nSPS) is 28.4. The monoisotopic (exact) mass is 1030 g/mol. The maximum atomic E-state index is 15.2. The van der Waals surface area contributed by atoms with Gasteiger partial charge in [-0.2, -0.15) is 0 Å². The molecule has 0 amide bonds. The van der Waals surface area contributed by atoms with Gasteiger partial charge in [0.25, 0.3) is 0 Å². The van der Waals surface area contributed by atoms with Crippen molar-refractivity contribution in [2.24, 2.45) is 35.5 Å². The Bertz CT molecular complexity index is 2360. The van der Waals surface area contributed by atoms with Crippen LogP contribution in [0.3, 0.4) is 0 Å². The van der Waals surface area contributed by atoms with Gasteiger partial charge < -0.3 is 14.9 Å². The Balaban J connectivity index is 0.00000162. The van der Waals surface area contributed by atoms with Crippen LogP contribution < -0.4 is 14.9 Å². The van der Waals surface area contributed by atoms with E-state index in [4.69, 9.17) is 9.72 Å². The molecule has 0 saturated heterocycles. The van der Waals surface area contributed by atoms with E-state index in [-0.39, 0.29) is 56.1 Å². The van der Waals surface area contributed by atoms with Gasteiger partial charge in [-0.25, -0.2) is 4.98 Å². The van der Waals surface area contributed by atoms with E-state index in [9.17, 15) is 0 Å². The van der Waals surface area contributed by atoms with Crippen molar-refractivity contribution >= 4 is 0 Å². The van der Waals surface area contributed by atoms with Gasteiger partial charge in [0, 0.05) is 23.3 Å². The van der Waals surface area contributed by atoms with E-state index in [1.165, 1.54) is 49.7 Å². The van der Waals surface area contributed by atoms with Gasteiger partial charge in [-0.3, -0.25) is 0 Å². The van der Waals surface area contributed by atoms with Crippen molar-refractivity contribution in [3.63, 3.8) is 0 Å². The molecule has 8 bridgehead atoms. The van der Waals surface area contributed by atoms with Gasteiger partial charge in [-0.05, 0) is 179 Å². The molecule has 65 heavy (non-hydrogen) atoms. The number of pyridine rings is 1. The minimum atomic E-state index is -0.125. The molecular weight excluding hydrogens is 961 g/mol. The summed E-state index contributed by atoms with van der Waals surface area (Å²) in [7, 11) is 1.71. The van der Waals surface area contributed by atoms with Gasteiger partial charge >= 0.3 is 32.3 Å². The maximum absolute atomic E-state index is 15.2. The van der Waals surface area contributed by atoms with Gasteiger partial charge in [0.05, 0.1) is 18.5 Å². The Morgan fingerprint density at radius 3 is 1.09 bits per heavy atom. The first-order chi connectivity index (χ1) is 31.0. The number of ether oxygens (including phenoxy) is 1. The summed E-state index contributed by atoms with van der Waals surface area (Å²) in [5, 5.41) is 30.5. The zero-order valence-corrected chi connectivity index (χ0v) is 44.3. The quantitative estimate of drug-likeness (QED) is 0.152. The molecule has 5 heteroatoms. The molecule has 338 valence electrons. The molecule has 0 spiro atoms. The van der Waals surface area contributed by atoms with Crippen molar-refractivity contribution in [2.45, 2.75) is 150 Å². The molecule has 1 heterocycles. The summed E-state index contributed by atoms with van der Waals surface area (Å²) < 4.78 is 10.7. The SMILES string of the molecule is COc1cc(-c2ccccc2-c2cc(C(C)(C)C)cc(C34CC5CC(CC(C5)C3)C4)c2[O-])nc(-c2ccccc2-c2cc(C(C)(C)C)cc(C34CC5CC(CC(C5)C3)C4)c2[O-])c1.[CH3][Hf+2][CH3]. The zero-order valence-electron chi connectivity index (χ0n) is 40.7. The van der Waals surface area contributed by atoms with Gasteiger partial charge in [0.15, 0.2) is 0 Å². The molecule has 4 nitrogen and oxygen atoms in total. The predicted octanol–water partition coefficient (Wildman–Crippen LogP) is 14.6. The third-order valence-electron chi connectivity index (χ3n) is 17.2. The van der Waals surface area contributed by atoms with Crippen LogP contribution in [-0.4, -0.2) is 12.1 Å². The Labute approximate surface area is 401 Å². The zero-order chi connectivity index (χ0) is 45.6. The van der Waals surface area contributed by atoms with Crippen LogP contribution in [-0.2, 0) is 44.6 Å². The number of rotatable bonds is 7. The van der Waals surface area contributed by atoms with Crippen molar-refractivity contribution < 1.29 is 37.9 Å². The first kappa shape index (κ1) is 45.1. The van der Waals surface area contributed by atoms with E-state index in [1.54, 1.807) is 7.11 Å². The molecule has 13 rings (SSSR count). The van der Waals surface area contributed by atoms with Crippen LogP contribution in [0.15, 0.2) is 84.9 Å². The summed E-state index contributed by atoms with van der Waals surface area (Å²) in [6.07, 6.45) is 15.0. The second-order valence-electron chi connectivity index (χ2n) is 24.1. The fourth-order valence-electron chi connectivity index (χ4n) is 15.0. The van der Waals surface area contributed by atoms with Crippen LogP contribution in [0.25, 0.3) is 44.8 Å². The van der Waals surface area contributed by atoms with Gasteiger partial charge in [0.2, 0.25) is 0 Å². The molecule has 0 unspecified atom stereocenters. The molecule has 5 aromatic rings. The van der Waals surface area contributed by atoms with Gasteiger partial charge in [0.1, 0.15) is 5.75 Å². The second-order valence-corrected chi connectivity index (χ2v) is 27.7. The third-order valence-corrected chi connectivity index (χ3v) is 17.2. The van der Waals surface area contributed by atoms with Crippen molar-refractivity contribution in [1.82, 2.24) is 4.98 Å². The Morgan fingerprint density at radius 1 is 0.492 bits per heavy atom. The molecule has 0 atom stereocenters. The van der Waals surface area contributed by atoms with E-state index >= 15 is 10.2 Å². The van der Waals surface area contributed by atoms with Crippen LogP contribution >= 0.6 is 0 Å². The fourth-order valence-corrected chi connectivity index (χ4v) is 15.0. The number of nitrogens with zero attached hydrogens (tertiary/aromatic N) is 1. The summed E-state index contributed by atoms with van der Waals surface area (Å²) >= 11 is 0.0833. The average Bonchev–Trinajstić information content (AvgIpc) is 3.25. The molecule has 1 aromatic heterocycles. The Hall–Kier alpha value is -3.70. The molecule has 8 fully saturated rings. The van der Waals surface area contributed by atoms with Crippen molar-refractivity contribution in [3.05, 3.63) is 107 Å².